The van der Waals surface area contributed by atoms with Crippen LogP contribution in [0.2, 0.25) is 0 Å². The number of aliphatic hydroxyl groups excluding tert-OH is 1. The van der Waals surface area contributed by atoms with Crippen LogP contribution in [0.1, 0.15) is 30.1 Å². The first-order chi connectivity index (χ1) is 22.3. The van der Waals surface area contributed by atoms with Crippen molar-refractivity contribution >= 4 is 11.9 Å². The number of hydrogen-bond acceptors (Lipinski definition) is 13. The highest BCUT2D eigenvalue weighted by Gasteiger charge is 2.96. The van der Waals surface area contributed by atoms with Crippen molar-refractivity contribution in [1.29, 1.82) is 0 Å². The molecule has 3 N–H and O–H groups in total. The van der Waals surface area contributed by atoms with Gasteiger partial charge >= 0.3 is 11.9 Å². The maximum atomic E-state index is 13.8. The van der Waals surface area contributed by atoms with Gasteiger partial charge in [0, 0.05) is 90.6 Å². The number of carbonyl (C=O) groups is 2. The molecule has 1 aliphatic heterocycles. The molecule has 1 saturated heterocycles. The molecule has 13 nitrogen and oxygen atoms in total. The number of ether oxygens (including phenoxy) is 7. The molecule has 15 atom stereocenters. The van der Waals surface area contributed by atoms with Crippen LogP contribution < -0.4 is 0 Å². The van der Waals surface area contributed by atoms with E-state index in [1.165, 1.54) is 21.1 Å². The quantitative estimate of drug-likeness (QED) is 0.304. The summed E-state index contributed by atoms with van der Waals surface area (Å²) in [6.45, 7) is 1.95. The minimum Gasteiger partial charge on any atom is -0.462 e. The number of nitrogens with zero attached hydrogens (tertiary/aromatic N) is 1. The zero-order chi connectivity index (χ0) is 33.9. The van der Waals surface area contributed by atoms with Crippen LogP contribution in [0.3, 0.4) is 0 Å². The van der Waals surface area contributed by atoms with Gasteiger partial charge in [-0.05, 0) is 19.2 Å². The van der Waals surface area contributed by atoms with Gasteiger partial charge in [-0.15, -0.1) is 0 Å². The molecule has 1 spiro atoms. The Morgan fingerprint density at radius 3 is 2.21 bits per heavy atom. The molecule has 1 aromatic carbocycles. The molecule has 0 radical (unpaired) electrons. The van der Waals surface area contributed by atoms with E-state index in [0.29, 0.717) is 6.54 Å². The summed E-state index contributed by atoms with van der Waals surface area (Å²) < 4.78 is 43.4. The van der Waals surface area contributed by atoms with E-state index in [0.717, 1.165) is 0 Å². The second-order valence-corrected chi connectivity index (χ2v) is 14.6. The van der Waals surface area contributed by atoms with Crippen LogP contribution in [-0.4, -0.2) is 147 Å². The first-order valence-electron chi connectivity index (χ1n) is 16.2. The van der Waals surface area contributed by atoms with Gasteiger partial charge in [-0.25, -0.2) is 4.79 Å². The Morgan fingerprint density at radius 1 is 0.936 bits per heavy atom. The number of likely N-dealkylation sites (tertiary alicyclic amines) is 1. The van der Waals surface area contributed by atoms with Crippen molar-refractivity contribution in [3.05, 3.63) is 35.9 Å². The maximum Gasteiger partial charge on any atom is 0.338 e. The fraction of sp³-hybridized carbons (Fsp3) is 0.765. The normalized spacial score (nSPS) is 50.7. The van der Waals surface area contributed by atoms with Crippen molar-refractivity contribution in [3.8, 4) is 0 Å². The number of aliphatic hydroxyl groups is 3. The molecule has 5 aliphatic carbocycles. The lowest BCUT2D eigenvalue weighted by molar-refractivity contribution is -0.356. The third-order valence-corrected chi connectivity index (χ3v) is 13.3. The fourth-order valence-corrected chi connectivity index (χ4v) is 12.5. The van der Waals surface area contributed by atoms with E-state index in [-0.39, 0.29) is 25.0 Å². The minimum atomic E-state index is -2.02. The molecule has 0 amide bonds. The van der Waals surface area contributed by atoms with Crippen LogP contribution >= 0.6 is 0 Å². The molecule has 0 aromatic heterocycles. The lowest BCUT2D eigenvalue weighted by Crippen LogP contribution is -2.85. The molecule has 1 aromatic rings. The van der Waals surface area contributed by atoms with E-state index in [1.807, 2.05) is 7.05 Å². The Kier molecular flexibility index (Phi) is 7.72. The smallest absolute Gasteiger partial charge is 0.338 e. The highest BCUT2D eigenvalue weighted by Crippen LogP contribution is 2.81. The number of esters is 2. The van der Waals surface area contributed by atoms with Gasteiger partial charge in [0.15, 0.2) is 0 Å². The van der Waals surface area contributed by atoms with E-state index in [1.54, 1.807) is 51.7 Å². The highest BCUT2D eigenvalue weighted by molar-refractivity contribution is 5.89. The van der Waals surface area contributed by atoms with Crippen molar-refractivity contribution in [2.45, 2.75) is 79.2 Å². The van der Waals surface area contributed by atoms with E-state index in [9.17, 15) is 24.9 Å². The highest BCUT2D eigenvalue weighted by atomic mass is 16.6. The number of carbonyl (C=O) groups excluding carboxylic acids is 2. The van der Waals surface area contributed by atoms with E-state index >= 15 is 0 Å². The van der Waals surface area contributed by atoms with E-state index in [4.69, 9.17) is 33.2 Å². The summed E-state index contributed by atoms with van der Waals surface area (Å²) in [5.74, 6) is -3.52. The van der Waals surface area contributed by atoms with Gasteiger partial charge in [-0.1, -0.05) is 18.2 Å². The summed E-state index contributed by atoms with van der Waals surface area (Å²) in [6, 6.07) is 7.91. The maximum absolute atomic E-state index is 13.8. The predicted octanol–water partition coefficient (Wildman–Crippen LogP) is 0.0270. The second-order valence-electron chi connectivity index (χ2n) is 14.6. The molecule has 0 unspecified atom stereocenters. The zero-order valence-electron chi connectivity index (χ0n) is 28.0. The van der Waals surface area contributed by atoms with Crippen molar-refractivity contribution in [2.75, 3.05) is 55.7 Å². The molecule has 13 heteroatoms. The molecular weight excluding hydrogens is 614 g/mol. The largest absolute Gasteiger partial charge is 0.462 e. The van der Waals surface area contributed by atoms with Crippen molar-refractivity contribution in [1.82, 2.24) is 4.90 Å². The van der Waals surface area contributed by atoms with Crippen LogP contribution in [0.4, 0.5) is 0 Å². The average molecular weight is 662 g/mol. The van der Waals surface area contributed by atoms with Gasteiger partial charge < -0.3 is 53.4 Å². The summed E-state index contributed by atoms with van der Waals surface area (Å²) in [4.78, 5) is 28.5. The molecule has 1 heterocycles. The predicted molar refractivity (Wildman–Crippen MR) is 162 cm³/mol. The second kappa shape index (κ2) is 10.9. The number of rotatable bonds is 9. The van der Waals surface area contributed by atoms with Gasteiger partial charge in [0.2, 0.25) is 0 Å². The van der Waals surface area contributed by atoms with Crippen LogP contribution in [-0.2, 0) is 38.0 Å². The molecule has 260 valence electrons. The van der Waals surface area contributed by atoms with Crippen LogP contribution in [0.25, 0.3) is 0 Å². The summed E-state index contributed by atoms with van der Waals surface area (Å²) in [7, 11) is 9.52. The van der Waals surface area contributed by atoms with E-state index < -0.39 is 100.0 Å². The lowest BCUT2D eigenvalue weighted by atomic mass is 9.40. The van der Waals surface area contributed by atoms with Gasteiger partial charge in [0.25, 0.3) is 0 Å². The van der Waals surface area contributed by atoms with Crippen LogP contribution in [0.15, 0.2) is 30.3 Å². The van der Waals surface area contributed by atoms with Crippen LogP contribution in [0.5, 0.6) is 0 Å². The molecule has 7 bridgehead atoms. The van der Waals surface area contributed by atoms with Gasteiger partial charge in [0.05, 0.1) is 35.9 Å². The first kappa shape index (κ1) is 33.3. The Morgan fingerprint density at radius 2 is 1.64 bits per heavy atom. The number of fused-ring (bicyclic) bond motifs is 2. The molecule has 6 fully saturated rings. The van der Waals surface area contributed by atoms with E-state index in [2.05, 4.69) is 4.90 Å². The van der Waals surface area contributed by atoms with Gasteiger partial charge in [-0.3, -0.25) is 4.79 Å². The molecule has 6 aliphatic rings. The third-order valence-electron chi connectivity index (χ3n) is 13.3. The summed E-state index contributed by atoms with van der Waals surface area (Å²) in [5.41, 5.74) is -7.39. The Bertz CT molecular complexity index is 1410. The van der Waals surface area contributed by atoms with Crippen molar-refractivity contribution < 1.29 is 58.1 Å². The number of benzene rings is 1. The van der Waals surface area contributed by atoms with Crippen molar-refractivity contribution in [3.63, 3.8) is 0 Å². The zero-order valence-corrected chi connectivity index (χ0v) is 28.0. The monoisotopic (exact) mass is 661 g/mol. The van der Waals surface area contributed by atoms with Gasteiger partial charge in [0.1, 0.15) is 35.6 Å². The molecular formula is C34H47NO12. The summed E-state index contributed by atoms with van der Waals surface area (Å²) >= 11 is 0. The molecule has 5 saturated carbocycles. The molecule has 47 heavy (non-hydrogen) atoms. The Balaban J connectivity index is 1.53. The topological polar surface area (TPSA) is 163 Å². The number of hydrogen-bond donors (Lipinski definition) is 3. The van der Waals surface area contributed by atoms with Crippen molar-refractivity contribution in [2.24, 2.45) is 28.6 Å². The lowest BCUT2D eigenvalue weighted by Gasteiger charge is -2.72. The molecule has 7 rings (SSSR count). The average Bonchev–Trinajstić information content (AvgIpc) is 3.40. The third kappa shape index (κ3) is 3.65. The standard InChI is InChI=1S/C34H47NO12/c1-17(36)46-19-13-20(42-4)33-23-22(43-5)21(25(33)35(2)15-30(19,23)16-41-3)34(45-7)24-27(47-29(38)18-11-9-8-10-12-18)31(39,14-32(24,33)40)28(44-6)26(34)37/h8-12,19-28,37,39-40H,13-16H2,1-7H3/t19-,20+,21+,22+,23-,24+,25-,26+,27-,28+,30+,31-,32+,33-,34+/m1/s1. The summed E-state index contributed by atoms with van der Waals surface area (Å²) in [6.07, 6.45) is -6.28. The number of piperidine rings is 1. The van der Waals surface area contributed by atoms with Gasteiger partial charge in [-0.2, -0.15) is 0 Å². The Hall–Kier alpha value is -2.20. The SMILES string of the molecule is COC[C@]12CN(C)[C@@H]3[C@@H]4[C@H](OC)[C@H]1[C@@]3([C@@H](OC)C[C@H]2OC(C)=O)[C@]1(O)C[C@@]2(O)[C@H](OC(=O)c3ccccc3)[C@@H]1[C@]4(OC)[C@@H](O)[C@@H]2OC. The van der Waals surface area contributed by atoms with Crippen LogP contribution in [0, 0.1) is 28.6 Å². The first-order valence-corrected chi connectivity index (χ1v) is 16.2. The number of methoxy groups -OCH3 is 5. The fourth-order valence-electron chi connectivity index (χ4n) is 12.5. The Labute approximate surface area is 274 Å². The summed E-state index contributed by atoms with van der Waals surface area (Å²) in [5, 5.41) is 39.0. The minimum absolute atomic E-state index is 0.165.